The van der Waals surface area contributed by atoms with Crippen molar-refractivity contribution in [1.82, 2.24) is 0 Å². The van der Waals surface area contributed by atoms with Crippen LogP contribution in [0.15, 0.2) is 17.5 Å². The van der Waals surface area contributed by atoms with E-state index >= 15 is 0 Å². The van der Waals surface area contributed by atoms with Gasteiger partial charge < -0.3 is 4.74 Å². The fourth-order valence-electron chi connectivity index (χ4n) is 0.874. The maximum Gasteiger partial charge on any atom is 0.0514 e. The van der Waals surface area contributed by atoms with Crippen LogP contribution in [0.25, 0.3) is 0 Å². The summed E-state index contributed by atoms with van der Waals surface area (Å²) < 4.78 is 5.36. The average molecular weight is 170 g/mol. The lowest BCUT2D eigenvalue weighted by Crippen LogP contribution is -1.97. The molecule has 0 radical (unpaired) electrons. The predicted octanol–water partition coefficient (Wildman–Crippen LogP) is 2.72. The lowest BCUT2D eigenvalue weighted by atomic mass is 10.4. The van der Waals surface area contributed by atoms with Gasteiger partial charge in [0.25, 0.3) is 0 Å². The third-order valence-corrected chi connectivity index (χ3v) is 2.36. The van der Waals surface area contributed by atoms with Gasteiger partial charge in [0.05, 0.1) is 6.61 Å². The van der Waals surface area contributed by atoms with Crippen molar-refractivity contribution >= 4 is 11.3 Å². The Bertz CT molecular complexity index is 170. The molecular formula is C9H14OS. The van der Waals surface area contributed by atoms with Gasteiger partial charge in [-0.05, 0) is 17.9 Å². The molecule has 11 heavy (non-hydrogen) atoms. The van der Waals surface area contributed by atoms with Gasteiger partial charge in [0, 0.05) is 17.9 Å². The Morgan fingerprint density at radius 1 is 1.45 bits per heavy atom. The molecule has 0 saturated carbocycles. The molecule has 0 aliphatic heterocycles. The second-order valence-corrected chi connectivity index (χ2v) is 3.47. The van der Waals surface area contributed by atoms with E-state index in [4.69, 9.17) is 4.74 Å². The second-order valence-electron chi connectivity index (χ2n) is 2.44. The molecule has 0 aromatic carbocycles. The highest BCUT2D eigenvalue weighted by atomic mass is 32.1. The normalized spacial score (nSPS) is 10.3. The Morgan fingerprint density at radius 3 is 3.00 bits per heavy atom. The van der Waals surface area contributed by atoms with Crippen LogP contribution in [-0.2, 0) is 11.2 Å². The van der Waals surface area contributed by atoms with Gasteiger partial charge in [-0.3, -0.25) is 0 Å². The molecule has 0 atom stereocenters. The van der Waals surface area contributed by atoms with Crippen molar-refractivity contribution in [2.24, 2.45) is 0 Å². The fraction of sp³-hybridized carbons (Fsp3) is 0.556. The van der Waals surface area contributed by atoms with Crippen LogP contribution in [0.5, 0.6) is 0 Å². The summed E-state index contributed by atoms with van der Waals surface area (Å²) in [6.07, 6.45) is 2.18. The minimum absolute atomic E-state index is 0.869. The number of ether oxygens (including phenoxy) is 1. The van der Waals surface area contributed by atoms with E-state index in [9.17, 15) is 0 Å². The molecule has 0 aliphatic rings. The number of thiophene rings is 1. The standard InChI is InChI=1S/C9H14OS/c1-2-6-10-7-5-9-4-3-8-11-9/h3-4,8H,2,5-7H2,1H3. The SMILES string of the molecule is CCCOCCc1cccs1. The fourth-order valence-corrected chi connectivity index (χ4v) is 1.56. The van der Waals surface area contributed by atoms with Crippen molar-refractivity contribution in [1.29, 1.82) is 0 Å². The highest BCUT2D eigenvalue weighted by Crippen LogP contribution is 2.08. The van der Waals surface area contributed by atoms with Crippen molar-refractivity contribution < 1.29 is 4.74 Å². The van der Waals surface area contributed by atoms with Gasteiger partial charge in [-0.25, -0.2) is 0 Å². The van der Waals surface area contributed by atoms with E-state index < -0.39 is 0 Å². The zero-order valence-electron chi connectivity index (χ0n) is 6.88. The van der Waals surface area contributed by atoms with Gasteiger partial charge in [-0.15, -0.1) is 11.3 Å². The van der Waals surface area contributed by atoms with Gasteiger partial charge in [0.15, 0.2) is 0 Å². The molecule has 0 aliphatic carbocycles. The first-order valence-corrected chi connectivity index (χ1v) is 4.91. The first kappa shape index (κ1) is 8.75. The van der Waals surface area contributed by atoms with Crippen LogP contribution in [0.1, 0.15) is 18.2 Å². The maximum atomic E-state index is 5.36. The van der Waals surface area contributed by atoms with Crippen LogP contribution in [0.3, 0.4) is 0 Å². The molecule has 1 rings (SSSR count). The summed E-state index contributed by atoms with van der Waals surface area (Å²) in [4.78, 5) is 1.42. The van der Waals surface area contributed by atoms with Gasteiger partial charge >= 0.3 is 0 Å². The van der Waals surface area contributed by atoms with Gasteiger partial charge in [0.2, 0.25) is 0 Å². The molecule has 0 spiro atoms. The summed E-state index contributed by atoms with van der Waals surface area (Å²) >= 11 is 1.80. The Hall–Kier alpha value is -0.340. The van der Waals surface area contributed by atoms with Gasteiger partial charge in [-0.2, -0.15) is 0 Å². The number of hydrogen-bond acceptors (Lipinski definition) is 2. The summed E-state index contributed by atoms with van der Waals surface area (Å²) in [6, 6.07) is 4.24. The minimum atomic E-state index is 0.869. The molecule has 0 saturated heterocycles. The van der Waals surface area contributed by atoms with E-state index in [1.807, 2.05) is 0 Å². The summed E-state index contributed by atoms with van der Waals surface area (Å²) in [5, 5.41) is 2.11. The van der Waals surface area contributed by atoms with Crippen molar-refractivity contribution in [3.8, 4) is 0 Å². The summed E-state index contributed by atoms with van der Waals surface area (Å²) in [5.41, 5.74) is 0. The Labute approximate surface area is 72.0 Å². The Balaban J connectivity index is 2.04. The van der Waals surface area contributed by atoms with Gasteiger partial charge in [-0.1, -0.05) is 13.0 Å². The molecule has 1 nitrogen and oxygen atoms in total. The monoisotopic (exact) mass is 170 g/mol. The lowest BCUT2D eigenvalue weighted by Gasteiger charge is -1.99. The van der Waals surface area contributed by atoms with Crippen LogP contribution in [-0.4, -0.2) is 13.2 Å². The molecular weight excluding hydrogens is 156 g/mol. The smallest absolute Gasteiger partial charge is 0.0514 e. The van der Waals surface area contributed by atoms with E-state index in [1.54, 1.807) is 11.3 Å². The first-order valence-electron chi connectivity index (χ1n) is 4.03. The molecule has 1 aromatic rings. The Morgan fingerprint density at radius 2 is 2.36 bits per heavy atom. The molecule has 0 amide bonds. The topological polar surface area (TPSA) is 9.23 Å². The molecule has 0 bridgehead atoms. The van der Waals surface area contributed by atoms with Gasteiger partial charge in [0.1, 0.15) is 0 Å². The minimum Gasteiger partial charge on any atom is -0.381 e. The largest absolute Gasteiger partial charge is 0.381 e. The van der Waals surface area contributed by atoms with E-state index in [2.05, 4.69) is 24.4 Å². The first-order chi connectivity index (χ1) is 5.43. The quantitative estimate of drug-likeness (QED) is 0.617. The van der Waals surface area contributed by atoms with Crippen LogP contribution in [0.4, 0.5) is 0 Å². The van der Waals surface area contributed by atoms with Crippen LogP contribution in [0.2, 0.25) is 0 Å². The molecule has 0 N–H and O–H groups in total. The van der Waals surface area contributed by atoms with E-state index in [0.29, 0.717) is 0 Å². The molecule has 1 aromatic heterocycles. The molecule has 0 fully saturated rings. The van der Waals surface area contributed by atoms with Crippen molar-refractivity contribution in [2.75, 3.05) is 13.2 Å². The summed E-state index contributed by atoms with van der Waals surface area (Å²) in [6.45, 7) is 3.89. The number of hydrogen-bond donors (Lipinski definition) is 0. The zero-order chi connectivity index (χ0) is 7.94. The van der Waals surface area contributed by atoms with Crippen molar-refractivity contribution in [3.05, 3.63) is 22.4 Å². The third kappa shape index (κ3) is 3.54. The maximum absolute atomic E-state index is 5.36. The predicted molar refractivity (Wildman–Crippen MR) is 49.1 cm³/mol. The van der Waals surface area contributed by atoms with Crippen LogP contribution >= 0.6 is 11.3 Å². The lowest BCUT2D eigenvalue weighted by molar-refractivity contribution is 0.138. The Kier molecular flexibility index (Phi) is 4.24. The average Bonchev–Trinajstić information content (AvgIpc) is 2.50. The van der Waals surface area contributed by atoms with E-state index in [-0.39, 0.29) is 0 Å². The summed E-state index contributed by atoms with van der Waals surface area (Å²) in [7, 11) is 0. The zero-order valence-corrected chi connectivity index (χ0v) is 7.69. The van der Waals surface area contributed by atoms with Crippen LogP contribution < -0.4 is 0 Å². The van der Waals surface area contributed by atoms with E-state index in [0.717, 1.165) is 26.1 Å². The van der Waals surface area contributed by atoms with Crippen molar-refractivity contribution in [3.63, 3.8) is 0 Å². The highest BCUT2D eigenvalue weighted by Gasteiger charge is 1.92. The molecule has 1 heterocycles. The molecule has 2 heteroatoms. The molecule has 62 valence electrons. The third-order valence-electron chi connectivity index (χ3n) is 1.42. The van der Waals surface area contributed by atoms with Crippen LogP contribution in [0, 0.1) is 0 Å². The number of rotatable bonds is 5. The molecule has 0 unspecified atom stereocenters. The van der Waals surface area contributed by atoms with Crippen molar-refractivity contribution in [2.45, 2.75) is 19.8 Å². The summed E-state index contributed by atoms with van der Waals surface area (Å²) in [5.74, 6) is 0. The second kappa shape index (κ2) is 5.33. The highest BCUT2D eigenvalue weighted by molar-refractivity contribution is 7.09. The van der Waals surface area contributed by atoms with E-state index in [1.165, 1.54) is 4.88 Å².